The molecule has 1 aliphatic heterocycles. The van der Waals surface area contributed by atoms with Crippen molar-refractivity contribution < 1.29 is 17.7 Å². The lowest BCUT2D eigenvalue weighted by Crippen LogP contribution is -2.38. The fourth-order valence-corrected chi connectivity index (χ4v) is 5.89. The van der Waals surface area contributed by atoms with Gasteiger partial charge in [-0.05, 0) is 50.3 Å². The number of aromatic nitrogens is 2. The standard InChI is InChI=1S/C22H26N4O4S/c1-14-8-11-26(12-9-14)31(28,29)21-15(2)20(24-16(21)3)22(27)25-18-6-4-5-17(13-18)19-7-10-23-30-19/h4-7,10,13-14,24H,8-9,11-12H2,1-3H3,(H,25,27). The molecule has 9 heteroatoms. The summed E-state index contributed by atoms with van der Waals surface area (Å²) in [6.07, 6.45) is 3.24. The molecule has 1 saturated heterocycles. The first-order chi connectivity index (χ1) is 14.8. The van der Waals surface area contributed by atoms with Crippen molar-refractivity contribution in [1.82, 2.24) is 14.4 Å². The van der Waals surface area contributed by atoms with Crippen LogP contribution in [-0.4, -0.2) is 41.9 Å². The number of H-pyrrole nitrogens is 1. The quantitative estimate of drug-likeness (QED) is 0.622. The first-order valence-corrected chi connectivity index (χ1v) is 11.7. The second-order valence-electron chi connectivity index (χ2n) is 8.08. The summed E-state index contributed by atoms with van der Waals surface area (Å²) in [6, 6.07) is 8.92. The van der Waals surface area contributed by atoms with Gasteiger partial charge in [-0.1, -0.05) is 24.2 Å². The Morgan fingerprint density at radius 1 is 1.23 bits per heavy atom. The number of sulfonamides is 1. The maximum Gasteiger partial charge on any atom is 0.272 e. The number of aryl methyl sites for hydroxylation is 1. The summed E-state index contributed by atoms with van der Waals surface area (Å²) >= 11 is 0. The maximum absolute atomic E-state index is 13.3. The molecule has 0 saturated carbocycles. The SMILES string of the molecule is Cc1[nH]c(C(=O)Nc2cccc(-c3ccno3)c2)c(C)c1S(=O)(=O)N1CCC(C)CC1. The van der Waals surface area contributed by atoms with E-state index in [0.717, 1.165) is 18.4 Å². The van der Waals surface area contributed by atoms with E-state index in [4.69, 9.17) is 4.52 Å². The predicted molar refractivity (Wildman–Crippen MR) is 117 cm³/mol. The van der Waals surface area contributed by atoms with Crippen LogP contribution in [0.5, 0.6) is 0 Å². The third-order valence-electron chi connectivity index (χ3n) is 5.78. The van der Waals surface area contributed by atoms with E-state index >= 15 is 0 Å². The van der Waals surface area contributed by atoms with Crippen molar-refractivity contribution in [2.45, 2.75) is 38.5 Å². The molecule has 1 amide bonds. The molecule has 164 valence electrons. The zero-order valence-corrected chi connectivity index (χ0v) is 18.6. The number of piperidine rings is 1. The summed E-state index contributed by atoms with van der Waals surface area (Å²) in [4.78, 5) is 16.1. The van der Waals surface area contributed by atoms with E-state index in [0.29, 0.717) is 41.7 Å². The zero-order valence-electron chi connectivity index (χ0n) is 17.8. The van der Waals surface area contributed by atoms with Crippen molar-refractivity contribution in [3.05, 3.63) is 53.5 Å². The highest BCUT2D eigenvalue weighted by molar-refractivity contribution is 7.89. The van der Waals surface area contributed by atoms with E-state index in [9.17, 15) is 13.2 Å². The van der Waals surface area contributed by atoms with Crippen molar-refractivity contribution in [3.63, 3.8) is 0 Å². The van der Waals surface area contributed by atoms with Gasteiger partial charge in [-0.2, -0.15) is 4.31 Å². The van der Waals surface area contributed by atoms with Crippen LogP contribution in [-0.2, 0) is 10.0 Å². The molecule has 8 nitrogen and oxygen atoms in total. The fraction of sp³-hybridized carbons (Fsp3) is 0.364. The van der Waals surface area contributed by atoms with Gasteiger partial charge in [0.05, 0.1) is 6.20 Å². The van der Waals surface area contributed by atoms with E-state index in [1.807, 2.05) is 6.07 Å². The smallest absolute Gasteiger partial charge is 0.272 e. The molecule has 31 heavy (non-hydrogen) atoms. The van der Waals surface area contributed by atoms with Gasteiger partial charge in [0.1, 0.15) is 10.6 Å². The van der Waals surface area contributed by atoms with Crippen molar-refractivity contribution in [1.29, 1.82) is 0 Å². The van der Waals surface area contributed by atoms with Gasteiger partial charge in [-0.15, -0.1) is 0 Å². The third-order valence-corrected chi connectivity index (χ3v) is 7.95. The van der Waals surface area contributed by atoms with Crippen LogP contribution in [0.2, 0.25) is 0 Å². The minimum atomic E-state index is -3.67. The summed E-state index contributed by atoms with van der Waals surface area (Å²) in [6.45, 7) is 6.50. The molecule has 0 spiro atoms. The molecule has 3 heterocycles. The van der Waals surface area contributed by atoms with E-state index < -0.39 is 15.9 Å². The average molecular weight is 443 g/mol. The number of hydrogen-bond acceptors (Lipinski definition) is 5. The topological polar surface area (TPSA) is 108 Å². The molecule has 2 N–H and O–H groups in total. The van der Waals surface area contributed by atoms with E-state index in [1.54, 1.807) is 44.3 Å². The van der Waals surface area contributed by atoms with Crippen LogP contribution in [0.15, 0.2) is 45.9 Å². The van der Waals surface area contributed by atoms with Crippen molar-refractivity contribution in [2.75, 3.05) is 18.4 Å². The fourth-order valence-electron chi connectivity index (χ4n) is 4.01. The van der Waals surface area contributed by atoms with Gasteiger partial charge < -0.3 is 14.8 Å². The highest BCUT2D eigenvalue weighted by atomic mass is 32.2. The van der Waals surface area contributed by atoms with Gasteiger partial charge in [0.25, 0.3) is 5.91 Å². The molecule has 1 aromatic carbocycles. The van der Waals surface area contributed by atoms with Crippen LogP contribution in [0.25, 0.3) is 11.3 Å². The minimum Gasteiger partial charge on any atom is -0.356 e. The number of carbonyl (C=O) groups excluding carboxylic acids is 1. The Morgan fingerprint density at radius 2 is 1.97 bits per heavy atom. The largest absolute Gasteiger partial charge is 0.356 e. The van der Waals surface area contributed by atoms with Gasteiger partial charge in [0.15, 0.2) is 5.76 Å². The molecule has 1 aliphatic rings. The Bertz CT molecular complexity index is 1190. The number of benzene rings is 1. The third kappa shape index (κ3) is 4.15. The summed E-state index contributed by atoms with van der Waals surface area (Å²) in [5, 5.41) is 6.54. The van der Waals surface area contributed by atoms with Crippen LogP contribution in [0.4, 0.5) is 5.69 Å². The van der Waals surface area contributed by atoms with Gasteiger partial charge in [0.2, 0.25) is 10.0 Å². The lowest BCUT2D eigenvalue weighted by Gasteiger charge is -2.29. The van der Waals surface area contributed by atoms with Crippen molar-refractivity contribution in [2.24, 2.45) is 5.92 Å². The molecule has 0 aliphatic carbocycles. The summed E-state index contributed by atoms with van der Waals surface area (Å²) < 4.78 is 33.2. The Balaban J connectivity index is 1.59. The molecule has 0 bridgehead atoms. The maximum atomic E-state index is 13.3. The predicted octanol–water partition coefficient (Wildman–Crippen LogP) is 3.96. The molecule has 0 unspecified atom stereocenters. The first-order valence-electron chi connectivity index (χ1n) is 10.3. The monoisotopic (exact) mass is 442 g/mol. The van der Waals surface area contributed by atoms with Gasteiger partial charge in [-0.25, -0.2) is 8.42 Å². The van der Waals surface area contributed by atoms with Gasteiger partial charge >= 0.3 is 0 Å². The Hall–Kier alpha value is -2.91. The number of rotatable bonds is 5. The Labute approximate surface area is 181 Å². The number of amides is 1. The lowest BCUT2D eigenvalue weighted by atomic mass is 10.0. The van der Waals surface area contributed by atoms with Crippen LogP contribution < -0.4 is 5.32 Å². The van der Waals surface area contributed by atoms with Crippen LogP contribution in [0.3, 0.4) is 0 Å². The molecular weight excluding hydrogens is 416 g/mol. The van der Waals surface area contributed by atoms with Gasteiger partial charge in [0, 0.05) is 36.1 Å². The summed E-state index contributed by atoms with van der Waals surface area (Å²) in [5.41, 5.74) is 2.49. The van der Waals surface area contributed by atoms with Crippen LogP contribution >= 0.6 is 0 Å². The number of aromatic amines is 1. The normalized spacial score (nSPS) is 15.8. The van der Waals surface area contributed by atoms with Gasteiger partial charge in [-0.3, -0.25) is 4.79 Å². The number of nitrogens with one attached hydrogen (secondary N) is 2. The lowest BCUT2D eigenvalue weighted by molar-refractivity contribution is 0.102. The Morgan fingerprint density at radius 3 is 2.65 bits per heavy atom. The Kier molecular flexibility index (Phi) is 5.72. The average Bonchev–Trinajstić information content (AvgIpc) is 3.37. The molecule has 4 rings (SSSR count). The summed E-state index contributed by atoms with van der Waals surface area (Å²) in [7, 11) is -3.67. The number of anilines is 1. The number of hydrogen-bond donors (Lipinski definition) is 2. The van der Waals surface area contributed by atoms with E-state index in [1.165, 1.54) is 4.31 Å². The van der Waals surface area contributed by atoms with Crippen molar-refractivity contribution in [3.8, 4) is 11.3 Å². The molecule has 2 aromatic heterocycles. The molecule has 1 fully saturated rings. The van der Waals surface area contributed by atoms with Crippen LogP contribution in [0, 0.1) is 19.8 Å². The number of carbonyl (C=O) groups is 1. The van der Waals surface area contributed by atoms with E-state index in [-0.39, 0.29) is 10.6 Å². The second-order valence-corrected chi connectivity index (χ2v) is 9.95. The molecule has 3 aromatic rings. The zero-order chi connectivity index (χ0) is 22.2. The second kappa shape index (κ2) is 8.32. The van der Waals surface area contributed by atoms with E-state index in [2.05, 4.69) is 22.4 Å². The molecule has 0 radical (unpaired) electrons. The number of nitrogens with zero attached hydrogens (tertiary/aromatic N) is 2. The highest BCUT2D eigenvalue weighted by Gasteiger charge is 2.33. The highest BCUT2D eigenvalue weighted by Crippen LogP contribution is 2.30. The molecular formula is C22H26N4O4S. The first kappa shape index (κ1) is 21.3. The summed E-state index contributed by atoms with van der Waals surface area (Å²) in [5.74, 6) is 0.713. The molecule has 0 atom stereocenters. The van der Waals surface area contributed by atoms with Crippen LogP contribution in [0.1, 0.15) is 41.5 Å². The van der Waals surface area contributed by atoms with Crippen molar-refractivity contribution >= 4 is 21.6 Å². The minimum absolute atomic E-state index is 0.197.